The molecule has 0 amide bonds. The lowest BCUT2D eigenvalue weighted by Crippen LogP contribution is -1.98. The van der Waals surface area contributed by atoms with Crippen molar-refractivity contribution in [1.29, 1.82) is 10.5 Å². The molecule has 0 bridgehead atoms. The Kier molecular flexibility index (Phi) is 4.89. The first-order chi connectivity index (χ1) is 17.7. The maximum atomic E-state index is 9.36. The second-order valence-electron chi connectivity index (χ2n) is 8.82. The van der Waals surface area contributed by atoms with E-state index in [-0.39, 0.29) is 0 Å². The van der Waals surface area contributed by atoms with E-state index >= 15 is 0 Å². The van der Waals surface area contributed by atoms with E-state index < -0.39 is 0 Å². The fourth-order valence-corrected chi connectivity index (χ4v) is 5.53. The van der Waals surface area contributed by atoms with Gasteiger partial charge in [0.2, 0.25) is 0 Å². The van der Waals surface area contributed by atoms with Gasteiger partial charge in [-0.2, -0.15) is 10.5 Å². The average Bonchev–Trinajstić information content (AvgIpc) is 3.27. The first-order valence-corrected chi connectivity index (χ1v) is 11.7. The van der Waals surface area contributed by atoms with Gasteiger partial charge >= 0.3 is 0 Å². The molecule has 2 nitrogen and oxygen atoms in total. The van der Waals surface area contributed by atoms with Crippen LogP contribution in [0.25, 0.3) is 67.4 Å². The van der Waals surface area contributed by atoms with Gasteiger partial charge in [0.05, 0.1) is 23.3 Å². The highest BCUT2D eigenvalue weighted by molar-refractivity contribution is 6.23. The van der Waals surface area contributed by atoms with Gasteiger partial charge in [-0.15, -0.1) is 0 Å². The number of nitriles is 2. The number of hydrogen-bond donors (Lipinski definition) is 0. The third-order valence-corrected chi connectivity index (χ3v) is 7.04. The van der Waals surface area contributed by atoms with Crippen molar-refractivity contribution < 1.29 is 0 Å². The van der Waals surface area contributed by atoms with Crippen LogP contribution in [0.4, 0.5) is 0 Å². The normalized spacial score (nSPS) is 10.9. The first kappa shape index (κ1) is 21.4. The molecule has 0 fully saturated rings. The molecule has 5 aromatic rings. The fraction of sp³-hybridized carbons (Fsp3) is 0. The molecule has 36 heavy (non-hydrogen) atoms. The molecule has 5 aromatic carbocycles. The number of hydrogen-bond acceptors (Lipinski definition) is 2. The molecule has 0 spiro atoms. The molecule has 166 valence electrons. The maximum Gasteiger partial charge on any atom is 0.0991 e. The largest absolute Gasteiger partial charge is 0.192 e. The predicted molar refractivity (Wildman–Crippen MR) is 149 cm³/mol. The third kappa shape index (κ3) is 2.96. The van der Waals surface area contributed by atoms with Crippen LogP contribution in [-0.2, 0) is 0 Å². The summed E-state index contributed by atoms with van der Waals surface area (Å²) in [5.41, 5.74) is 12.2. The van der Waals surface area contributed by atoms with Gasteiger partial charge < -0.3 is 0 Å². The zero-order chi connectivity index (χ0) is 24.8. The molecule has 0 saturated heterocycles. The molecule has 0 N–H and O–H groups in total. The third-order valence-electron chi connectivity index (χ3n) is 7.04. The average molecular weight is 457 g/mol. The highest BCUT2D eigenvalue weighted by Gasteiger charge is 2.31. The summed E-state index contributed by atoms with van der Waals surface area (Å²) in [6, 6.07) is 32.8. The Morgan fingerprint density at radius 3 is 1.31 bits per heavy atom. The van der Waals surface area contributed by atoms with E-state index in [1.165, 1.54) is 21.9 Å². The van der Waals surface area contributed by atoms with Crippen LogP contribution in [-0.4, -0.2) is 0 Å². The quantitative estimate of drug-likeness (QED) is 0.266. The Balaban J connectivity index is 1.83. The molecule has 1 aliphatic carbocycles. The van der Waals surface area contributed by atoms with Gasteiger partial charge in [0.1, 0.15) is 0 Å². The van der Waals surface area contributed by atoms with Gasteiger partial charge in [-0.25, -0.2) is 0 Å². The molecule has 0 saturated carbocycles. The van der Waals surface area contributed by atoms with Crippen LogP contribution in [0.1, 0.15) is 22.3 Å². The summed E-state index contributed by atoms with van der Waals surface area (Å²) in [6.45, 7) is 8.40. The maximum absolute atomic E-state index is 9.36. The summed E-state index contributed by atoms with van der Waals surface area (Å²) in [5.74, 6) is 0. The SMILES string of the molecule is C=Cc1c(C=C)c(-c2ccc(C#N)cc2)c2c(c1-c1ccc(C#N)cc1)-c1cccc3cccc-2c13. The Morgan fingerprint density at radius 1 is 0.528 bits per heavy atom. The van der Waals surface area contributed by atoms with Crippen LogP contribution < -0.4 is 0 Å². The van der Waals surface area contributed by atoms with E-state index in [0.29, 0.717) is 11.1 Å². The summed E-state index contributed by atoms with van der Waals surface area (Å²) >= 11 is 0. The van der Waals surface area contributed by atoms with Gasteiger partial charge in [-0.1, -0.05) is 86.0 Å². The number of nitrogens with zero attached hydrogens (tertiary/aromatic N) is 2. The zero-order valence-electron chi connectivity index (χ0n) is 19.5. The number of benzene rings is 5. The lowest BCUT2D eigenvalue weighted by atomic mass is 9.80. The van der Waals surface area contributed by atoms with Crippen molar-refractivity contribution in [2.45, 2.75) is 0 Å². The lowest BCUT2D eigenvalue weighted by Gasteiger charge is -2.22. The minimum absolute atomic E-state index is 0.624. The standard InChI is InChI=1S/C34H20N2/c1-3-26-27(4-2)32(25-17-13-22(20-36)14-18-25)34-29-10-6-8-23-7-5-9-28(30(23)29)33(34)31(26)24-15-11-21(19-35)12-16-24/h3-18H,1-2H2. The molecular formula is C34H20N2. The van der Waals surface area contributed by atoms with Crippen LogP contribution >= 0.6 is 0 Å². The summed E-state index contributed by atoms with van der Waals surface area (Å²) in [6.07, 6.45) is 3.81. The molecule has 0 radical (unpaired) electrons. The van der Waals surface area contributed by atoms with E-state index in [4.69, 9.17) is 0 Å². The van der Waals surface area contributed by atoms with Crippen LogP contribution in [0.3, 0.4) is 0 Å². The van der Waals surface area contributed by atoms with Gasteiger partial charge in [0.25, 0.3) is 0 Å². The smallest absolute Gasteiger partial charge is 0.0991 e. The molecular weight excluding hydrogens is 436 g/mol. The first-order valence-electron chi connectivity index (χ1n) is 11.7. The summed E-state index contributed by atoms with van der Waals surface area (Å²) in [5, 5.41) is 21.1. The molecule has 1 aliphatic rings. The predicted octanol–water partition coefficient (Wildman–Crippen LogP) is 8.85. The monoisotopic (exact) mass is 456 g/mol. The zero-order valence-corrected chi connectivity index (χ0v) is 19.5. The van der Waals surface area contributed by atoms with E-state index in [2.05, 4.69) is 61.7 Å². The highest BCUT2D eigenvalue weighted by Crippen LogP contribution is 2.57. The summed E-state index contributed by atoms with van der Waals surface area (Å²) in [4.78, 5) is 0. The fourth-order valence-electron chi connectivity index (χ4n) is 5.53. The number of fused-ring (bicyclic) bond motifs is 3. The van der Waals surface area contributed by atoms with Crippen LogP contribution in [0.2, 0.25) is 0 Å². The topological polar surface area (TPSA) is 47.6 Å². The molecule has 0 atom stereocenters. The van der Waals surface area contributed by atoms with Crippen LogP contribution in [0.5, 0.6) is 0 Å². The van der Waals surface area contributed by atoms with Gasteiger partial charge in [0, 0.05) is 0 Å². The van der Waals surface area contributed by atoms with E-state index in [0.717, 1.165) is 44.5 Å². The molecule has 6 rings (SSSR count). The molecule has 0 aromatic heterocycles. The van der Waals surface area contributed by atoms with Gasteiger partial charge in [-0.3, -0.25) is 0 Å². The van der Waals surface area contributed by atoms with Crippen molar-refractivity contribution in [3.8, 4) is 56.6 Å². The lowest BCUT2D eigenvalue weighted by molar-refractivity contribution is 1.47. The Hall–Kier alpha value is -5.18. The van der Waals surface area contributed by atoms with Crippen molar-refractivity contribution in [3.05, 3.63) is 120 Å². The van der Waals surface area contributed by atoms with Crippen LogP contribution in [0, 0.1) is 22.7 Å². The highest BCUT2D eigenvalue weighted by atomic mass is 14.3. The molecule has 0 heterocycles. The van der Waals surface area contributed by atoms with Gasteiger partial charge in [-0.05, 0) is 90.7 Å². The second kappa shape index (κ2) is 8.24. The Bertz CT molecular complexity index is 1680. The summed E-state index contributed by atoms with van der Waals surface area (Å²) < 4.78 is 0. The molecule has 0 aliphatic heterocycles. The minimum atomic E-state index is 0.624. The minimum Gasteiger partial charge on any atom is -0.192 e. The molecule has 0 unspecified atom stereocenters. The molecule has 2 heteroatoms. The van der Waals surface area contributed by atoms with Gasteiger partial charge in [0.15, 0.2) is 0 Å². The Morgan fingerprint density at radius 2 is 0.944 bits per heavy atom. The van der Waals surface area contributed by atoms with Crippen molar-refractivity contribution in [1.82, 2.24) is 0 Å². The van der Waals surface area contributed by atoms with E-state index in [1.807, 2.05) is 60.7 Å². The Labute approximate surface area is 210 Å². The van der Waals surface area contributed by atoms with Crippen LogP contribution in [0.15, 0.2) is 98.1 Å². The van der Waals surface area contributed by atoms with Crippen molar-refractivity contribution in [2.75, 3.05) is 0 Å². The number of rotatable bonds is 4. The van der Waals surface area contributed by atoms with Crippen molar-refractivity contribution in [3.63, 3.8) is 0 Å². The van der Waals surface area contributed by atoms with E-state index in [1.54, 1.807) is 0 Å². The second-order valence-corrected chi connectivity index (χ2v) is 8.82. The summed E-state index contributed by atoms with van der Waals surface area (Å²) in [7, 11) is 0. The van der Waals surface area contributed by atoms with Crippen molar-refractivity contribution in [2.24, 2.45) is 0 Å². The van der Waals surface area contributed by atoms with E-state index in [9.17, 15) is 10.5 Å². The van der Waals surface area contributed by atoms with Crippen molar-refractivity contribution >= 4 is 22.9 Å².